The van der Waals surface area contributed by atoms with Crippen molar-refractivity contribution in [3.8, 4) is 0 Å². The summed E-state index contributed by atoms with van der Waals surface area (Å²) in [5.74, 6) is 0.131. The number of carbonyl (C=O) groups excluding carboxylic acids is 1. The molecule has 0 spiro atoms. The fourth-order valence-corrected chi connectivity index (χ4v) is 2.63. The minimum atomic E-state index is -0.416. The largest absolute Gasteiger partial charge is 0.338 e. The van der Waals surface area contributed by atoms with Crippen molar-refractivity contribution in [3.63, 3.8) is 0 Å². The van der Waals surface area contributed by atoms with Crippen LogP contribution in [-0.2, 0) is 4.79 Å². The Morgan fingerprint density at radius 2 is 1.90 bits per heavy atom. The predicted octanol–water partition coefficient (Wildman–Crippen LogP) is 0.786. The predicted molar refractivity (Wildman–Crippen MR) is 78.8 cm³/mol. The normalized spacial score (nSPS) is 17.3. The fraction of sp³-hybridized carbons (Fsp3) is 0.600. The smallest absolute Gasteiger partial charge is 0.251 e. The molecule has 1 aliphatic heterocycles. The van der Waals surface area contributed by atoms with Gasteiger partial charge >= 0.3 is 0 Å². The highest BCUT2D eigenvalue weighted by atomic mass is 16.2. The molecule has 5 nitrogen and oxygen atoms in total. The Morgan fingerprint density at radius 1 is 1.25 bits per heavy atom. The molecule has 1 aromatic heterocycles. The van der Waals surface area contributed by atoms with Crippen LogP contribution in [0.25, 0.3) is 0 Å². The number of nitrogens with zero attached hydrogens (tertiary/aromatic N) is 2. The maximum absolute atomic E-state index is 12.7. The van der Waals surface area contributed by atoms with Crippen LogP contribution in [0.3, 0.4) is 0 Å². The summed E-state index contributed by atoms with van der Waals surface area (Å²) in [5.41, 5.74) is 0.876. The van der Waals surface area contributed by atoms with Gasteiger partial charge in [-0.2, -0.15) is 0 Å². The van der Waals surface area contributed by atoms with Crippen LogP contribution in [0.2, 0.25) is 0 Å². The lowest BCUT2D eigenvalue weighted by Crippen LogP contribution is -2.50. The Hall–Kier alpha value is -1.62. The third-order valence-corrected chi connectivity index (χ3v) is 3.70. The van der Waals surface area contributed by atoms with E-state index in [0.717, 1.165) is 18.7 Å². The first-order valence-corrected chi connectivity index (χ1v) is 7.19. The van der Waals surface area contributed by atoms with Crippen LogP contribution in [0.4, 0.5) is 0 Å². The molecule has 1 unspecified atom stereocenters. The second-order valence-electron chi connectivity index (χ2n) is 5.72. The molecule has 1 aliphatic rings. The van der Waals surface area contributed by atoms with Crippen LogP contribution in [0.5, 0.6) is 0 Å². The number of hydrogen-bond acceptors (Lipinski definition) is 3. The highest BCUT2D eigenvalue weighted by Crippen LogP contribution is 2.19. The molecule has 0 saturated carbocycles. The Kier molecular flexibility index (Phi) is 4.60. The summed E-state index contributed by atoms with van der Waals surface area (Å²) < 4.78 is 1.59. The zero-order valence-corrected chi connectivity index (χ0v) is 12.4. The third kappa shape index (κ3) is 3.10. The van der Waals surface area contributed by atoms with Crippen LogP contribution in [0.1, 0.15) is 25.5 Å². The number of amides is 1. The molecule has 1 amide bonds. The van der Waals surface area contributed by atoms with Gasteiger partial charge in [0.15, 0.2) is 0 Å². The number of piperazine rings is 1. The van der Waals surface area contributed by atoms with E-state index in [1.807, 2.05) is 25.7 Å². The number of hydrogen-bond donors (Lipinski definition) is 1. The van der Waals surface area contributed by atoms with Gasteiger partial charge in [0.1, 0.15) is 6.04 Å². The van der Waals surface area contributed by atoms with E-state index in [9.17, 15) is 9.59 Å². The lowest BCUT2D eigenvalue weighted by atomic mass is 10.0. The van der Waals surface area contributed by atoms with Gasteiger partial charge < -0.3 is 14.8 Å². The van der Waals surface area contributed by atoms with Crippen molar-refractivity contribution in [3.05, 3.63) is 34.2 Å². The molecular weight excluding hydrogens is 254 g/mol. The zero-order chi connectivity index (χ0) is 14.7. The fourth-order valence-electron chi connectivity index (χ4n) is 2.63. The monoisotopic (exact) mass is 277 g/mol. The number of pyridine rings is 1. The van der Waals surface area contributed by atoms with Gasteiger partial charge in [0.25, 0.3) is 5.56 Å². The summed E-state index contributed by atoms with van der Waals surface area (Å²) in [4.78, 5) is 26.7. The van der Waals surface area contributed by atoms with Crippen LogP contribution in [-0.4, -0.2) is 41.6 Å². The summed E-state index contributed by atoms with van der Waals surface area (Å²) in [6, 6.07) is 2.90. The molecule has 1 N–H and O–H groups in total. The Morgan fingerprint density at radius 3 is 2.50 bits per heavy atom. The SMILES string of the molecule is Cc1ccc(=O)n(C(C(=O)N2CCNCC2)C(C)C)c1. The summed E-state index contributed by atoms with van der Waals surface area (Å²) >= 11 is 0. The molecule has 0 radical (unpaired) electrons. The van der Waals surface area contributed by atoms with E-state index in [0.29, 0.717) is 13.1 Å². The number of carbonyl (C=O) groups is 1. The highest BCUT2D eigenvalue weighted by Gasteiger charge is 2.29. The molecule has 110 valence electrons. The van der Waals surface area contributed by atoms with Crippen molar-refractivity contribution >= 4 is 5.91 Å². The van der Waals surface area contributed by atoms with Gasteiger partial charge in [0, 0.05) is 38.4 Å². The van der Waals surface area contributed by atoms with E-state index in [-0.39, 0.29) is 17.4 Å². The van der Waals surface area contributed by atoms with E-state index in [1.54, 1.807) is 16.8 Å². The van der Waals surface area contributed by atoms with Crippen molar-refractivity contribution in [1.82, 2.24) is 14.8 Å². The van der Waals surface area contributed by atoms with Crippen LogP contribution >= 0.6 is 0 Å². The Labute approximate surface area is 119 Å². The molecule has 5 heteroatoms. The minimum Gasteiger partial charge on any atom is -0.338 e. The second kappa shape index (κ2) is 6.22. The Balaban J connectivity index is 2.33. The zero-order valence-electron chi connectivity index (χ0n) is 12.4. The molecule has 20 heavy (non-hydrogen) atoms. The van der Waals surface area contributed by atoms with E-state index in [4.69, 9.17) is 0 Å². The number of aromatic nitrogens is 1. The number of nitrogens with one attached hydrogen (secondary N) is 1. The molecule has 1 saturated heterocycles. The molecule has 0 aromatic carbocycles. The van der Waals surface area contributed by atoms with E-state index < -0.39 is 6.04 Å². The van der Waals surface area contributed by atoms with Gasteiger partial charge in [-0.05, 0) is 18.4 Å². The summed E-state index contributed by atoms with van der Waals surface area (Å²) in [5, 5.41) is 3.24. The molecular formula is C15H23N3O2. The van der Waals surface area contributed by atoms with E-state index >= 15 is 0 Å². The number of rotatable bonds is 3. The topological polar surface area (TPSA) is 54.3 Å². The second-order valence-corrected chi connectivity index (χ2v) is 5.72. The quantitative estimate of drug-likeness (QED) is 0.888. The first kappa shape index (κ1) is 14.8. The average molecular weight is 277 g/mol. The third-order valence-electron chi connectivity index (χ3n) is 3.70. The van der Waals surface area contributed by atoms with E-state index in [1.165, 1.54) is 6.07 Å². The van der Waals surface area contributed by atoms with Gasteiger partial charge in [0.2, 0.25) is 5.91 Å². The molecule has 0 bridgehead atoms. The highest BCUT2D eigenvalue weighted by molar-refractivity contribution is 5.80. The molecule has 2 rings (SSSR count). The maximum Gasteiger partial charge on any atom is 0.251 e. The van der Waals surface area contributed by atoms with Crippen LogP contribution < -0.4 is 10.9 Å². The van der Waals surface area contributed by atoms with Crippen molar-refractivity contribution in [2.45, 2.75) is 26.8 Å². The van der Waals surface area contributed by atoms with Crippen molar-refractivity contribution < 1.29 is 4.79 Å². The molecule has 2 heterocycles. The van der Waals surface area contributed by atoms with Gasteiger partial charge in [-0.1, -0.05) is 19.9 Å². The standard InChI is InChI=1S/C15H23N3O2/c1-11(2)14(15(20)17-8-6-16-7-9-17)18-10-12(3)4-5-13(18)19/h4-5,10-11,14,16H,6-9H2,1-3H3. The minimum absolute atomic E-state index is 0.0502. The molecule has 0 aliphatic carbocycles. The van der Waals surface area contributed by atoms with E-state index in [2.05, 4.69) is 5.32 Å². The Bertz CT molecular complexity index is 530. The van der Waals surface area contributed by atoms with Gasteiger partial charge in [0.05, 0.1) is 0 Å². The van der Waals surface area contributed by atoms with Gasteiger partial charge in [-0.15, -0.1) is 0 Å². The van der Waals surface area contributed by atoms with Gasteiger partial charge in [-0.3, -0.25) is 9.59 Å². The average Bonchev–Trinajstić information content (AvgIpc) is 2.43. The van der Waals surface area contributed by atoms with Gasteiger partial charge in [-0.25, -0.2) is 0 Å². The van der Waals surface area contributed by atoms with Crippen molar-refractivity contribution in [2.75, 3.05) is 26.2 Å². The summed E-state index contributed by atoms with van der Waals surface area (Å²) in [7, 11) is 0. The van der Waals surface area contributed by atoms with Crippen molar-refractivity contribution in [2.24, 2.45) is 5.92 Å². The van der Waals surface area contributed by atoms with Crippen LogP contribution in [0, 0.1) is 12.8 Å². The van der Waals surface area contributed by atoms with Crippen molar-refractivity contribution in [1.29, 1.82) is 0 Å². The van der Waals surface area contributed by atoms with Crippen LogP contribution in [0.15, 0.2) is 23.1 Å². The number of aryl methyl sites for hydroxylation is 1. The molecule has 1 atom stereocenters. The lowest BCUT2D eigenvalue weighted by Gasteiger charge is -2.33. The lowest BCUT2D eigenvalue weighted by molar-refractivity contribution is -0.136. The first-order chi connectivity index (χ1) is 9.50. The summed E-state index contributed by atoms with van der Waals surface area (Å²) in [6.07, 6.45) is 1.78. The molecule has 1 aromatic rings. The molecule has 1 fully saturated rings. The summed E-state index contributed by atoms with van der Waals surface area (Å²) in [6.45, 7) is 8.96. The maximum atomic E-state index is 12.7. The first-order valence-electron chi connectivity index (χ1n) is 7.19.